The highest BCUT2D eigenvalue weighted by molar-refractivity contribution is 5.73. The van der Waals surface area contributed by atoms with E-state index in [0.717, 1.165) is 0 Å². The van der Waals surface area contributed by atoms with Gasteiger partial charge in [-0.15, -0.1) is 0 Å². The summed E-state index contributed by atoms with van der Waals surface area (Å²) < 4.78 is 21.1. The Morgan fingerprint density at radius 3 is 1.92 bits per heavy atom. The van der Waals surface area contributed by atoms with Crippen LogP contribution in [-0.4, -0.2) is 60.9 Å². The molecule has 1 N–H and O–H groups in total. The van der Waals surface area contributed by atoms with Gasteiger partial charge in [-0.05, 0) is 6.92 Å². The maximum absolute atomic E-state index is 11.5. The Morgan fingerprint density at radius 1 is 0.917 bits per heavy atom. The molecule has 1 aliphatic heterocycles. The number of carbonyl (C=O) groups excluding carboxylic acids is 4. The van der Waals surface area contributed by atoms with E-state index in [1.807, 2.05) is 0 Å². The number of carbonyl (C=O) groups is 4. The molecule has 0 spiro atoms. The largest absolute Gasteiger partial charge is 0.463 e. The molecule has 1 heterocycles. The highest BCUT2D eigenvalue weighted by Gasteiger charge is 2.49. The topological polar surface area (TPSA) is 117 Å². The van der Waals surface area contributed by atoms with Gasteiger partial charge in [0.25, 0.3) is 0 Å². The first-order chi connectivity index (χ1) is 11.1. The van der Waals surface area contributed by atoms with Crippen molar-refractivity contribution in [3.05, 3.63) is 0 Å². The maximum atomic E-state index is 11.5. The molecular weight excluding hydrogens is 322 g/mol. The van der Waals surface area contributed by atoms with E-state index in [1.54, 1.807) is 6.92 Å². The summed E-state index contributed by atoms with van der Waals surface area (Å²) >= 11 is 0. The molecule has 4 unspecified atom stereocenters. The Hall–Kier alpha value is -2.16. The summed E-state index contributed by atoms with van der Waals surface area (Å²) in [5.41, 5.74) is 0. The van der Waals surface area contributed by atoms with Crippen molar-refractivity contribution in [1.82, 2.24) is 5.32 Å². The predicted octanol–water partition coefficient (Wildman–Crippen LogP) is -0.295. The normalized spacial score (nSPS) is 29.3. The van der Waals surface area contributed by atoms with Crippen molar-refractivity contribution in [3.63, 3.8) is 0 Å². The molecule has 0 aromatic heterocycles. The molecule has 0 radical (unpaired) electrons. The first kappa shape index (κ1) is 19.9. The number of esters is 3. The average Bonchev–Trinajstić information content (AvgIpc) is 2.42. The lowest BCUT2D eigenvalue weighted by molar-refractivity contribution is -0.221. The molecule has 1 amide bonds. The van der Waals surface area contributed by atoms with Gasteiger partial charge in [-0.3, -0.25) is 19.2 Å². The van der Waals surface area contributed by atoms with Gasteiger partial charge in [0.05, 0.1) is 12.1 Å². The van der Waals surface area contributed by atoms with Crippen molar-refractivity contribution in [3.8, 4) is 0 Å². The predicted molar refractivity (Wildman–Crippen MR) is 79.7 cm³/mol. The summed E-state index contributed by atoms with van der Waals surface area (Å²) in [6.45, 7) is 6.43. The standard InChI is InChI=1S/C15H23NO8/c1-7-13(16-8(2)17)15(24-11(5)20)14(23-10(4)19)12(22-7)6-21-9(3)18/h7,12-15H,6H2,1-5H3,(H,16,17)/t7-,12?,13?,14?,15?/m0/s1. The quantitative estimate of drug-likeness (QED) is 0.533. The van der Waals surface area contributed by atoms with Crippen molar-refractivity contribution in [2.24, 2.45) is 0 Å². The zero-order valence-corrected chi connectivity index (χ0v) is 14.4. The third-order valence-corrected chi connectivity index (χ3v) is 3.36. The number of rotatable bonds is 5. The zero-order valence-electron chi connectivity index (χ0n) is 14.4. The van der Waals surface area contributed by atoms with Crippen LogP contribution in [0.15, 0.2) is 0 Å². The lowest BCUT2D eigenvalue weighted by Gasteiger charge is -2.44. The molecule has 24 heavy (non-hydrogen) atoms. The SMILES string of the molecule is CC(=O)NC1C(OC(C)=O)C(OC(C)=O)C(COC(C)=O)O[C@H]1C. The molecule has 0 aromatic rings. The van der Waals surface area contributed by atoms with E-state index in [9.17, 15) is 19.2 Å². The third kappa shape index (κ3) is 5.80. The second kappa shape index (κ2) is 8.62. The van der Waals surface area contributed by atoms with Gasteiger partial charge in [0, 0.05) is 27.7 Å². The van der Waals surface area contributed by atoms with E-state index in [2.05, 4.69) is 5.32 Å². The van der Waals surface area contributed by atoms with Crippen molar-refractivity contribution >= 4 is 23.8 Å². The van der Waals surface area contributed by atoms with E-state index in [-0.39, 0.29) is 12.5 Å². The minimum atomic E-state index is -1.03. The first-order valence-electron chi connectivity index (χ1n) is 7.52. The van der Waals surface area contributed by atoms with Crippen LogP contribution in [0.3, 0.4) is 0 Å². The summed E-state index contributed by atoms with van der Waals surface area (Å²) in [5.74, 6) is -2.11. The van der Waals surface area contributed by atoms with Crippen LogP contribution in [0.25, 0.3) is 0 Å². The highest BCUT2D eigenvalue weighted by Crippen LogP contribution is 2.26. The summed E-state index contributed by atoms with van der Waals surface area (Å²) in [4.78, 5) is 45.3. The highest BCUT2D eigenvalue weighted by atomic mass is 16.6. The van der Waals surface area contributed by atoms with Gasteiger partial charge in [0.1, 0.15) is 12.7 Å². The lowest BCUT2D eigenvalue weighted by atomic mass is 9.92. The number of amides is 1. The average molecular weight is 345 g/mol. The molecule has 1 aliphatic rings. The number of nitrogens with one attached hydrogen (secondary N) is 1. The Kier molecular flexibility index (Phi) is 7.15. The Bertz CT molecular complexity index is 506. The molecule has 9 heteroatoms. The van der Waals surface area contributed by atoms with E-state index < -0.39 is 48.4 Å². The molecule has 136 valence electrons. The zero-order chi connectivity index (χ0) is 18.4. The lowest BCUT2D eigenvalue weighted by Crippen LogP contribution is -2.65. The molecule has 5 atom stereocenters. The fourth-order valence-electron chi connectivity index (χ4n) is 2.56. The number of hydrogen-bond donors (Lipinski definition) is 1. The summed E-state index contributed by atoms with van der Waals surface area (Å²) in [7, 11) is 0. The Balaban J connectivity index is 3.11. The van der Waals surface area contributed by atoms with Crippen LogP contribution in [0.1, 0.15) is 34.6 Å². The second-order valence-corrected chi connectivity index (χ2v) is 5.56. The van der Waals surface area contributed by atoms with Crippen molar-refractivity contribution in [2.45, 2.75) is 65.1 Å². The van der Waals surface area contributed by atoms with Crippen molar-refractivity contribution in [2.75, 3.05) is 6.61 Å². The fourth-order valence-corrected chi connectivity index (χ4v) is 2.56. The van der Waals surface area contributed by atoms with Gasteiger partial charge in [-0.25, -0.2) is 0 Å². The molecular formula is C15H23NO8. The molecule has 0 aliphatic carbocycles. The molecule has 9 nitrogen and oxygen atoms in total. The van der Waals surface area contributed by atoms with Gasteiger partial charge >= 0.3 is 17.9 Å². The summed E-state index contributed by atoms with van der Waals surface area (Å²) in [6, 6.07) is -0.718. The molecule has 1 fully saturated rings. The van der Waals surface area contributed by atoms with Crippen LogP contribution in [-0.2, 0) is 38.1 Å². The molecule has 0 bridgehead atoms. The van der Waals surface area contributed by atoms with Crippen LogP contribution in [0.4, 0.5) is 0 Å². The summed E-state index contributed by atoms with van der Waals surface area (Å²) in [6.07, 6.45) is -3.40. The molecule has 1 saturated heterocycles. The van der Waals surface area contributed by atoms with Crippen LogP contribution >= 0.6 is 0 Å². The van der Waals surface area contributed by atoms with Crippen molar-refractivity contribution in [1.29, 1.82) is 0 Å². The maximum Gasteiger partial charge on any atom is 0.303 e. The summed E-state index contributed by atoms with van der Waals surface area (Å²) in [5, 5.41) is 2.64. The minimum Gasteiger partial charge on any atom is -0.463 e. The molecule has 1 rings (SSSR count). The van der Waals surface area contributed by atoms with Crippen LogP contribution in [0, 0.1) is 0 Å². The second-order valence-electron chi connectivity index (χ2n) is 5.56. The van der Waals surface area contributed by atoms with Gasteiger partial charge in [-0.2, -0.15) is 0 Å². The third-order valence-electron chi connectivity index (χ3n) is 3.36. The van der Waals surface area contributed by atoms with E-state index in [1.165, 1.54) is 27.7 Å². The van der Waals surface area contributed by atoms with Gasteiger partial charge in [-0.1, -0.05) is 0 Å². The minimum absolute atomic E-state index is 0.178. The molecule has 0 saturated carbocycles. The number of ether oxygens (including phenoxy) is 4. The van der Waals surface area contributed by atoms with Crippen molar-refractivity contribution < 1.29 is 38.1 Å². The number of hydrogen-bond acceptors (Lipinski definition) is 8. The Labute approximate surface area is 139 Å². The van der Waals surface area contributed by atoms with Crippen LogP contribution < -0.4 is 5.32 Å². The van der Waals surface area contributed by atoms with E-state index >= 15 is 0 Å². The van der Waals surface area contributed by atoms with Gasteiger partial charge in [0.15, 0.2) is 12.2 Å². The van der Waals surface area contributed by atoms with Gasteiger partial charge in [0.2, 0.25) is 5.91 Å². The molecule has 0 aromatic carbocycles. The fraction of sp³-hybridized carbons (Fsp3) is 0.733. The monoisotopic (exact) mass is 345 g/mol. The van der Waals surface area contributed by atoms with Crippen LogP contribution in [0.5, 0.6) is 0 Å². The van der Waals surface area contributed by atoms with Crippen LogP contribution in [0.2, 0.25) is 0 Å². The smallest absolute Gasteiger partial charge is 0.303 e. The van der Waals surface area contributed by atoms with E-state index in [4.69, 9.17) is 18.9 Å². The first-order valence-corrected chi connectivity index (χ1v) is 7.52. The Morgan fingerprint density at radius 2 is 1.46 bits per heavy atom. The van der Waals surface area contributed by atoms with E-state index in [0.29, 0.717) is 0 Å². The van der Waals surface area contributed by atoms with Gasteiger partial charge < -0.3 is 24.3 Å².